The van der Waals surface area contributed by atoms with Gasteiger partial charge in [0.25, 0.3) is 0 Å². The Balaban J connectivity index is 2.06. The maximum Gasteiger partial charge on any atom is 0.0596 e. The molecule has 1 heterocycles. The maximum absolute atomic E-state index is 4.42. The lowest BCUT2D eigenvalue weighted by Gasteiger charge is -2.24. The molecule has 16 heavy (non-hydrogen) atoms. The summed E-state index contributed by atoms with van der Waals surface area (Å²) in [6, 6.07) is 2.84. The monoisotopic (exact) mass is 221 g/mol. The van der Waals surface area contributed by atoms with Crippen LogP contribution in [0.1, 0.15) is 38.1 Å². The van der Waals surface area contributed by atoms with E-state index in [9.17, 15) is 0 Å². The molecule has 1 atom stereocenters. The standard InChI is InChI=1S/C13H23N3/c1-5-14-11(3)13(6-7-13)9-12-8-10(2)15-16(12)4/h8,11,14H,5-7,9H2,1-4H3. The van der Waals surface area contributed by atoms with Gasteiger partial charge in [0.2, 0.25) is 0 Å². The average molecular weight is 221 g/mol. The van der Waals surface area contributed by atoms with Crippen LogP contribution in [0.3, 0.4) is 0 Å². The molecule has 0 aromatic carbocycles. The number of rotatable bonds is 5. The predicted molar refractivity (Wildman–Crippen MR) is 66.5 cm³/mol. The van der Waals surface area contributed by atoms with E-state index in [4.69, 9.17) is 0 Å². The summed E-state index contributed by atoms with van der Waals surface area (Å²) in [5.74, 6) is 0. The number of hydrogen-bond donors (Lipinski definition) is 1. The zero-order chi connectivity index (χ0) is 11.8. The van der Waals surface area contributed by atoms with Crippen molar-refractivity contribution in [2.45, 2.75) is 46.1 Å². The molecule has 90 valence electrons. The molecule has 1 unspecified atom stereocenters. The van der Waals surface area contributed by atoms with Gasteiger partial charge in [-0.1, -0.05) is 6.92 Å². The van der Waals surface area contributed by atoms with Gasteiger partial charge in [-0.3, -0.25) is 4.68 Å². The Morgan fingerprint density at radius 2 is 2.25 bits per heavy atom. The Morgan fingerprint density at radius 3 is 2.69 bits per heavy atom. The fourth-order valence-electron chi connectivity index (χ4n) is 2.64. The van der Waals surface area contributed by atoms with Gasteiger partial charge in [0.15, 0.2) is 0 Å². The van der Waals surface area contributed by atoms with Crippen molar-refractivity contribution in [3.05, 3.63) is 17.5 Å². The zero-order valence-electron chi connectivity index (χ0n) is 10.9. The molecule has 1 fully saturated rings. The zero-order valence-corrected chi connectivity index (χ0v) is 10.9. The minimum absolute atomic E-state index is 0.496. The fraction of sp³-hybridized carbons (Fsp3) is 0.769. The number of nitrogens with zero attached hydrogens (tertiary/aromatic N) is 2. The maximum atomic E-state index is 4.42. The lowest BCUT2D eigenvalue weighted by Crippen LogP contribution is -2.36. The van der Waals surface area contributed by atoms with Crippen LogP contribution in [0.5, 0.6) is 0 Å². The molecule has 1 aromatic heterocycles. The summed E-state index contributed by atoms with van der Waals surface area (Å²) < 4.78 is 2.04. The number of nitrogens with one attached hydrogen (secondary N) is 1. The van der Waals surface area contributed by atoms with E-state index in [2.05, 4.69) is 44.3 Å². The normalized spacial score (nSPS) is 19.8. The van der Waals surface area contributed by atoms with Crippen molar-refractivity contribution in [3.8, 4) is 0 Å². The van der Waals surface area contributed by atoms with Crippen LogP contribution in [0.2, 0.25) is 0 Å². The molecule has 1 N–H and O–H groups in total. The molecule has 3 nitrogen and oxygen atoms in total. The second-order valence-electron chi connectivity index (χ2n) is 5.22. The van der Waals surface area contributed by atoms with Crippen LogP contribution in [-0.4, -0.2) is 22.4 Å². The molecule has 1 aliphatic carbocycles. The summed E-state index contributed by atoms with van der Waals surface area (Å²) >= 11 is 0. The van der Waals surface area contributed by atoms with Crippen LogP contribution in [0.25, 0.3) is 0 Å². The smallest absolute Gasteiger partial charge is 0.0596 e. The topological polar surface area (TPSA) is 29.9 Å². The van der Waals surface area contributed by atoms with Gasteiger partial charge in [0, 0.05) is 18.8 Å². The van der Waals surface area contributed by atoms with Gasteiger partial charge in [-0.25, -0.2) is 0 Å². The molecule has 0 bridgehead atoms. The van der Waals surface area contributed by atoms with Gasteiger partial charge in [-0.2, -0.15) is 5.10 Å². The molecule has 3 heteroatoms. The highest BCUT2D eigenvalue weighted by molar-refractivity contribution is 5.15. The summed E-state index contributed by atoms with van der Waals surface area (Å²) in [4.78, 5) is 0. The van der Waals surface area contributed by atoms with Crippen LogP contribution in [-0.2, 0) is 13.5 Å². The van der Waals surface area contributed by atoms with E-state index >= 15 is 0 Å². The van der Waals surface area contributed by atoms with Crippen molar-refractivity contribution < 1.29 is 0 Å². The van der Waals surface area contributed by atoms with Crippen molar-refractivity contribution >= 4 is 0 Å². The Bertz CT molecular complexity index is 363. The van der Waals surface area contributed by atoms with Gasteiger partial charge in [-0.05, 0) is 51.1 Å². The van der Waals surface area contributed by atoms with E-state index in [1.54, 1.807) is 0 Å². The van der Waals surface area contributed by atoms with Gasteiger partial charge >= 0.3 is 0 Å². The van der Waals surface area contributed by atoms with Crippen molar-refractivity contribution in [3.63, 3.8) is 0 Å². The van der Waals surface area contributed by atoms with Crippen molar-refractivity contribution in [1.29, 1.82) is 0 Å². The molecule has 0 amide bonds. The summed E-state index contributed by atoms with van der Waals surface area (Å²) in [5.41, 5.74) is 3.00. The third-order valence-corrected chi connectivity index (χ3v) is 3.95. The summed E-state index contributed by atoms with van der Waals surface area (Å²) in [7, 11) is 2.05. The fourth-order valence-corrected chi connectivity index (χ4v) is 2.64. The van der Waals surface area contributed by atoms with E-state index in [-0.39, 0.29) is 0 Å². The van der Waals surface area contributed by atoms with Gasteiger partial charge in [-0.15, -0.1) is 0 Å². The highest BCUT2D eigenvalue weighted by atomic mass is 15.3. The first-order valence-electron chi connectivity index (χ1n) is 6.30. The van der Waals surface area contributed by atoms with Crippen LogP contribution < -0.4 is 5.32 Å². The molecular formula is C13H23N3. The highest BCUT2D eigenvalue weighted by Gasteiger charge is 2.47. The second-order valence-corrected chi connectivity index (χ2v) is 5.22. The third kappa shape index (κ3) is 2.14. The van der Waals surface area contributed by atoms with Gasteiger partial charge in [0.1, 0.15) is 0 Å². The van der Waals surface area contributed by atoms with E-state index in [0.29, 0.717) is 11.5 Å². The average Bonchev–Trinajstić information content (AvgIpc) is 2.91. The second kappa shape index (κ2) is 4.21. The van der Waals surface area contributed by atoms with Gasteiger partial charge < -0.3 is 5.32 Å². The van der Waals surface area contributed by atoms with Gasteiger partial charge in [0.05, 0.1) is 5.69 Å². The van der Waals surface area contributed by atoms with Crippen LogP contribution in [0, 0.1) is 12.3 Å². The Labute approximate surface area is 98.2 Å². The molecule has 0 radical (unpaired) electrons. The molecule has 0 spiro atoms. The number of aromatic nitrogens is 2. The minimum Gasteiger partial charge on any atom is -0.314 e. The Hall–Kier alpha value is -0.830. The van der Waals surface area contributed by atoms with E-state index in [0.717, 1.165) is 12.2 Å². The quantitative estimate of drug-likeness (QED) is 0.824. The summed E-state index contributed by atoms with van der Waals surface area (Å²) in [6.45, 7) is 7.63. The van der Waals surface area contributed by atoms with Crippen LogP contribution >= 0.6 is 0 Å². The number of aryl methyl sites for hydroxylation is 2. The van der Waals surface area contributed by atoms with E-state index in [1.807, 2.05) is 4.68 Å². The molecular weight excluding hydrogens is 198 g/mol. The minimum atomic E-state index is 0.496. The first kappa shape index (κ1) is 11.6. The van der Waals surface area contributed by atoms with E-state index in [1.165, 1.54) is 25.0 Å². The van der Waals surface area contributed by atoms with Crippen molar-refractivity contribution in [2.24, 2.45) is 12.5 Å². The Morgan fingerprint density at radius 1 is 1.56 bits per heavy atom. The van der Waals surface area contributed by atoms with E-state index < -0.39 is 0 Å². The largest absolute Gasteiger partial charge is 0.314 e. The molecule has 1 aromatic rings. The van der Waals surface area contributed by atoms with Crippen molar-refractivity contribution in [2.75, 3.05) is 6.54 Å². The number of hydrogen-bond acceptors (Lipinski definition) is 2. The van der Waals surface area contributed by atoms with Crippen molar-refractivity contribution in [1.82, 2.24) is 15.1 Å². The molecule has 1 aliphatic rings. The summed E-state index contributed by atoms with van der Waals surface area (Å²) in [6.07, 6.45) is 3.87. The highest BCUT2D eigenvalue weighted by Crippen LogP contribution is 2.51. The molecule has 1 saturated carbocycles. The Kier molecular flexibility index (Phi) is 3.06. The molecule has 0 aliphatic heterocycles. The predicted octanol–water partition coefficient (Wildman–Crippen LogP) is 2.05. The van der Waals surface area contributed by atoms with Crippen LogP contribution in [0.15, 0.2) is 6.07 Å². The summed E-state index contributed by atoms with van der Waals surface area (Å²) in [5, 5.41) is 7.99. The first-order chi connectivity index (χ1) is 7.57. The molecule has 2 rings (SSSR count). The lowest BCUT2D eigenvalue weighted by atomic mass is 9.92. The lowest BCUT2D eigenvalue weighted by molar-refractivity contribution is 0.348. The first-order valence-corrected chi connectivity index (χ1v) is 6.30. The SMILES string of the molecule is CCNC(C)C1(Cc2cc(C)nn2C)CC1. The molecule has 0 saturated heterocycles. The van der Waals surface area contributed by atoms with Crippen LogP contribution in [0.4, 0.5) is 0 Å². The third-order valence-electron chi connectivity index (χ3n) is 3.95.